The summed E-state index contributed by atoms with van der Waals surface area (Å²) in [6, 6.07) is 13.1. The van der Waals surface area contributed by atoms with Gasteiger partial charge in [-0.2, -0.15) is 0 Å². The van der Waals surface area contributed by atoms with E-state index in [1.165, 1.54) is 4.90 Å². The molecule has 6 heteroatoms. The van der Waals surface area contributed by atoms with E-state index in [0.717, 1.165) is 17.5 Å². The maximum atomic E-state index is 12.8. The molecule has 1 unspecified atom stereocenters. The van der Waals surface area contributed by atoms with Gasteiger partial charge in [0.2, 0.25) is 0 Å². The molecule has 0 saturated carbocycles. The molecule has 0 bridgehead atoms. The van der Waals surface area contributed by atoms with Gasteiger partial charge in [0.1, 0.15) is 18.0 Å². The van der Waals surface area contributed by atoms with Crippen molar-refractivity contribution in [2.24, 2.45) is 0 Å². The highest BCUT2D eigenvalue weighted by molar-refractivity contribution is 5.99. The monoisotopic (exact) mass is 353 g/mol. The van der Waals surface area contributed by atoms with Crippen LogP contribution in [0.25, 0.3) is 0 Å². The number of aromatic nitrogens is 1. The van der Waals surface area contributed by atoms with E-state index in [0.29, 0.717) is 18.8 Å². The van der Waals surface area contributed by atoms with Crippen LogP contribution in [-0.4, -0.2) is 34.0 Å². The number of likely N-dealkylation sites (tertiary alicyclic amines) is 1. The lowest BCUT2D eigenvalue weighted by molar-refractivity contribution is -0.125. The third-order valence-electron chi connectivity index (χ3n) is 4.71. The van der Waals surface area contributed by atoms with Crippen molar-refractivity contribution >= 4 is 17.8 Å². The van der Waals surface area contributed by atoms with Crippen molar-refractivity contribution in [1.29, 1.82) is 0 Å². The molecule has 1 aromatic carbocycles. The van der Waals surface area contributed by atoms with Crippen LogP contribution in [0.15, 0.2) is 48.7 Å². The van der Waals surface area contributed by atoms with Crippen LogP contribution < -0.4 is 5.32 Å². The van der Waals surface area contributed by atoms with Gasteiger partial charge in [-0.05, 0) is 49.9 Å². The standard InChI is InChI=1S/C20H23N3O3/c1-15-9-11-21-17(13-15)22-18(24)20(2)10-6-12-23(20)19(25)26-14-16-7-4-3-5-8-16/h3-5,7-9,11,13H,6,10,12,14H2,1-2H3,(H,21,22,24). The molecule has 1 fully saturated rings. The Hall–Kier alpha value is -2.89. The number of anilines is 1. The smallest absolute Gasteiger partial charge is 0.410 e. The summed E-state index contributed by atoms with van der Waals surface area (Å²) in [6.07, 6.45) is 2.52. The summed E-state index contributed by atoms with van der Waals surface area (Å²) >= 11 is 0. The van der Waals surface area contributed by atoms with Gasteiger partial charge < -0.3 is 10.1 Å². The summed E-state index contributed by atoms with van der Waals surface area (Å²) in [4.78, 5) is 31.1. The highest BCUT2D eigenvalue weighted by atomic mass is 16.6. The van der Waals surface area contributed by atoms with Gasteiger partial charge in [0.15, 0.2) is 0 Å². The van der Waals surface area contributed by atoms with Crippen LogP contribution in [0.3, 0.4) is 0 Å². The van der Waals surface area contributed by atoms with Crippen LogP contribution in [0.4, 0.5) is 10.6 Å². The molecule has 1 N–H and O–H groups in total. The van der Waals surface area contributed by atoms with Gasteiger partial charge in [-0.3, -0.25) is 9.69 Å². The van der Waals surface area contributed by atoms with Crippen LogP contribution in [0, 0.1) is 6.92 Å². The largest absolute Gasteiger partial charge is 0.445 e. The normalized spacial score (nSPS) is 19.2. The topological polar surface area (TPSA) is 71.5 Å². The lowest BCUT2D eigenvalue weighted by atomic mass is 9.98. The Labute approximate surface area is 153 Å². The molecule has 26 heavy (non-hydrogen) atoms. The number of aryl methyl sites for hydroxylation is 1. The van der Waals surface area contributed by atoms with Crippen molar-refractivity contribution in [3.05, 3.63) is 59.8 Å². The van der Waals surface area contributed by atoms with Gasteiger partial charge in [0, 0.05) is 12.7 Å². The lowest BCUT2D eigenvalue weighted by Crippen LogP contribution is -2.53. The zero-order chi connectivity index (χ0) is 18.6. The van der Waals surface area contributed by atoms with E-state index in [-0.39, 0.29) is 12.5 Å². The molecule has 2 amide bonds. The average Bonchev–Trinajstić information content (AvgIpc) is 3.04. The van der Waals surface area contributed by atoms with E-state index < -0.39 is 11.6 Å². The Morgan fingerprint density at radius 1 is 1.27 bits per heavy atom. The molecule has 0 aliphatic carbocycles. The first kappa shape index (κ1) is 17.9. The fourth-order valence-electron chi connectivity index (χ4n) is 3.14. The summed E-state index contributed by atoms with van der Waals surface area (Å²) in [6.45, 7) is 4.39. The SMILES string of the molecule is Cc1ccnc(NC(=O)C2(C)CCCN2C(=O)OCc2ccccc2)c1. The number of pyridine rings is 1. The molecule has 0 radical (unpaired) electrons. The highest BCUT2D eigenvalue weighted by Gasteiger charge is 2.46. The number of carbonyl (C=O) groups excluding carboxylic acids is 2. The number of benzene rings is 1. The third kappa shape index (κ3) is 3.85. The van der Waals surface area contributed by atoms with Gasteiger partial charge >= 0.3 is 6.09 Å². The van der Waals surface area contributed by atoms with Crippen LogP contribution in [0.2, 0.25) is 0 Å². The minimum atomic E-state index is -0.945. The van der Waals surface area contributed by atoms with E-state index in [1.54, 1.807) is 19.2 Å². The van der Waals surface area contributed by atoms with E-state index in [1.807, 2.05) is 43.3 Å². The quantitative estimate of drug-likeness (QED) is 0.913. The summed E-state index contributed by atoms with van der Waals surface area (Å²) in [5.74, 6) is 0.241. The molecule has 1 atom stereocenters. The number of hydrogen-bond donors (Lipinski definition) is 1. The Kier molecular flexibility index (Phi) is 5.21. The molecule has 2 aromatic rings. The summed E-state index contributed by atoms with van der Waals surface area (Å²) < 4.78 is 5.42. The Morgan fingerprint density at radius 3 is 2.77 bits per heavy atom. The van der Waals surface area contributed by atoms with Gasteiger partial charge in [-0.1, -0.05) is 30.3 Å². The Bertz CT molecular complexity index is 794. The fourth-order valence-corrected chi connectivity index (χ4v) is 3.14. The summed E-state index contributed by atoms with van der Waals surface area (Å²) in [5.41, 5.74) is 0.973. The number of ether oxygens (including phenoxy) is 1. The van der Waals surface area contributed by atoms with Gasteiger partial charge in [0.05, 0.1) is 0 Å². The first-order valence-corrected chi connectivity index (χ1v) is 8.71. The second-order valence-electron chi connectivity index (χ2n) is 6.74. The molecule has 6 nitrogen and oxygen atoms in total. The molecular formula is C20H23N3O3. The zero-order valence-corrected chi connectivity index (χ0v) is 15.1. The first-order chi connectivity index (χ1) is 12.5. The maximum Gasteiger partial charge on any atom is 0.410 e. The van der Waals surface area contributed by atoms with Crippen molar-refractivity contribution in [3.63, 3.8) is 0 Å². The number of nitrogens with zero attached hydrogens (tertiary/aromatic N) is 2. The van der Waals surface area contributed by atoms with Crippen LogP contribution >= 0.6 is 0 Å². The van der Waals surface area contributed by atoms with E-state index in [2.05, 4.69) is 10.3 Å². The Balaban J connectivity index is 1.67. The number of rotatable bonds is 4. The minimum absolute atomic E-state index is 0.188. The predicted molar refractivity (Wildman–Crippen MR) is 98.6 cm³/mol. The fraction of sp³-hybridized carbons (Fsp3) is 0.350. The Morgan fingerprint density at radius 2 is 2.04 bits per heavy atom. The molecule has 3 rings (SSSR count). The van der Waals surface area contributed by atoms with Gasteiger partial charge in [-0.25, -0.2) is 9.78 Å². The number of carbonyl (C=O) groups is 2. The highest BCUT2D eigenvalue weighted by Crippen LogP contribution is 2.31. The number of amides is 2. The van der Waals surface area contributed by atoms with Crippen LogP contribution in [0.1, 0.15) is 30.9 Å². The van der Waals surface area contributed by atoms with Gasteiger partial charge in [-0.15, -0.1) is 0 Å². The summed E-state index contributed by atoms with van der Waals surface area (Å²) in [5, 5.41) is 2.82. The second-order valence-corrected chi connectivity index (χ2v) is 6.74. The predicted octanol–water partition coefficient (Wildman–Crippen LogP) is 3.52. The molecule has 2 heterocycles. The molecule has 136 valence electrons. The van der Waals surface area contributed by atoms with E-state index >= 15 is 0 Å². The zero-order valence-electron chi connectivity index (χ0n) is 15.1. The van der Waals surface area contributed by atoms with Crippen molar-refractivity contribution < 1.29 is 14.3 Å². The molecule has 1 aromatic heterocycles. The van der Waals surface area contributed by atoms with E-state index in [9.17, 15) is 9.59 Å². The van der Waals surface area contributed by atoms with Gasteiger partial charge in [0.25, 0.3) is 5.91 Å². The first-order valence-electron chi connectivity index (χ1n) is 8.71. The van der Waals surface area contributed by atoms with Crippen LogP contribution in [-0.2, 0) is 16.1 Å². The van der Waals surface area contributed by atoms with Crippen molar-refractivity contribution in [2.75, 3.05) is 11.9 Å². The van der Waals surface area contributed by atoms with Crippen molar-refractivity contribution in [1.82, 2.24) is 9.88 Å². The lowest BCUT2D eigenvalue weighted by Gasteiger charge is -2.32. The number of nitrogens with one attached hydrogen (secondary N) is 1. The van der Waals surface area contributed by atoms with Crippen molar-refractivity contribution in [3.8, 4) is 0 Å². The summed E-state index contributed by atoms with van der Waals surface area (Å²) in [7, 11) is 0. The minimum Gasteiger partial charge on any atom is -0.445 e. The van der Waals surface area contributed by atoms with E-state index in [4.69, 9.17) is 4.74 Å². The molecule has 1 aliphatic rings. The maximum absolute atomic E-state index is 12.8. The van der Waals surface area contributed by atoms with Crippen LogP contribution in [0.5, 0.6) is 0 Å². The molecule has 1 aliphatic heterocycles. The molecule has 1 saturated heterocycles. The molecule has 0 spiro atoms. The molecular weight excluding hydrogens is 330 g/mol. The third-order valence-corrected chi connectivity index (χ3v) is 4.71. The average molecular weight is 353 g/mol. The van der Waals surface area contributed by atoms with Crippen molar-refractivity contribution in [2.45, 2.75) is 38.8 Å². The number of hydrogen-bond acceptors (Lipinski definition) is 4. The second kappa shape index (κ2) is 7.56.